The third-order valence-electron chi connectivity index (χ3n) is 1.44. The van der Waals surface area contributed by atoms with Crippen LogP contribution in [0.4, 0.5) is 0 Å². The van der Waals surface area contributed by atoms with Gasteiger partial charge < -0.3 is 4.98 Å². The number of thiocarbonyl (C=S) groups is 1. The number of H-pyrrole nitrogens is 1. The number of aromatic nitrogens is 1. The van der Waals surface area contributed by atoms with Crippen LogP contribution in [-0.4, -0.2) is 16.2 Å². The van der Waals surface area contributed by atoms with E-state index in [1.807, 2.05) is 20.0 Å². The molecule has 0 amide bonds. The smallest absolute Gasteiger partial charge is 0.135 e. The van der Waals surface area contributed by atoms with E-state index in [2.05, 4.69) is 22.6 Å². The molecule has 12 heavy (non-hydrogen) atoms. The minimum Gasteiger partial charge on any atom is -0.355 e. The Kier molecular flexibility index (Phi) is 3.05. The van der Waals surface area contributed by atoms with Crippen molar-refractivity contribution < 1.29 is 0 Å². The molecule has 0 radical (unpaired) electrons. The zero-order valence-electron chi connectivity index (χ0n) is 6.96. The Balaban J connectivity index is 0.000000336. The summed E-state index contributed by atoms with van der Waals surface area (Å²) in [6.07, 6.45) is 3.56. The van der Waals surface area contributed by atoms with Crippen molar-refractivity contribution in [3.63, 3.8) is 0 Å². The van der Waals surface area contributed by atoms with E-state index in [4.69, 9.17) is 12.2 Å². The number of nitrogens with zero attached hydrogens (tertiary/aromatic N) is 1. The molecule has 0 fully saturated rings. The van der Waals surface area contributed by atoms with Crippen LogP contribution in [0.25, 0.3) is 0 Å². The molecule has 0 aliphatic carbocycles. The summed E-state index contributed by atoms with van der Waals surface area (Å²) in [5.41, 5.74) is 1.99. The van der Waals surface area contributed by atoms with Crippen LogP contribution in [0.15, 0.2) is 16.2 Å². The maximum absolute atomic E-state index is 4.94. The van der Waals surface area contributed by atoms with Gasteiger partial charge in [0.25, 0.3) is 0 Å². The maximum atomic E-state index is 4.94. The normalized spacial score (nSPS) is 12.4. The lowest BCUT2D eigenvalue weighted by molar-refractivity contribution is 1.21. The topological polar surface area (TPSA) is 28.1 Å². The van der Waals surface area contributed by atoms with Gasteiger partial charge in [-0.05, 0) is 0 Å². The first-order chi connectivity index (χ1) is 5.79. The SMILES string of the molecule is CC.S=C1N=Cc2c1c[nH]c2S. The molecular weight excluding hydrogens is 188 g/mol. The number of hydrogen-bond acceptors (Lipinski definition) is 2. The van der Waals surface area contributed by atoms with E-state index in [1.54, 1.807) is 6.21 Å². The standard InChI is InChI=1S/C6H4N2S2.C2H6/c9-5-3-1-7-6(10)4(3)2-8-5;1-2/h1-2,7,10H;1-2H3. The molecule has 0 saturated heterocycles. The number of nitrogens with one attached hydrogen (secondary N) is 1. The van der Waals surface area contributed by atoms with Crippen molar-refractivity contribution in [3.8, 4) is 0 Å². The molecule has 2 rings (SSSR count). The molecule has 2 nitrogen and oxygen atoms in total. The quantitative estimate of drug-likeness (QED) is 0.486. The Morgan fingerprint density at radius 2 is 2.17 bits per heavy atom. The predicted octanol–water partition coefficient (Wildman–Crippen LogP) is 2.44. The molecule has 0 atom stereocenters. The minimum absolute atomic E-state index is 0.645. The molecule has 64 valence electrons. The highest BCUT2D eigenvalue weighted by atomic mass is 32.1. The lowest BCUT2D eigenvalue weighted by Crippen LogP contribution is -1.83. The first-order valence-corrected chi connectivity index (χ1v) is 4.63. The van der Waals surface area contributed by atoms with Crippen LogP contribution in [0.5, 0.6) is 0 Å². The Hall–Kier alpha value is -0.610. The van der Waals surface area contributed by atoms with Gasteiger partial charge >= 0.3 is 0 Å². The van der Waals surface area contributed by atoms with Gasteiger partial charge in [-0.1, -0.05) is 26.1 Å². The molecule has 0 saturated carbocycles. The summed E-state index contributed by atoms with van der Waals surface area (Å²) in [6, 6.07) is 0. The fraction of sp³-hybridized carbons (Fsp3) is 0.250. The van der Waals surface area contributed by atoms with E-state index in [9.17, 15) is 0 Å². The molecule has 0 spiro atoms. The van der Waals surface area contributed by atoms with Gasteiger partial charge in [0.15, 0.2) is 0 Å². The van der Waals surface area contributed by atoms with Crippen LogP contribution in [0.1, 0.15) is 25.0 Å². The van der Waals surface area contributed by atoms with E-state index in [0.717, 1.165) is 16.2 Å². The van der Waals surface area contributed by atoms with E-state index in [-0.39, 0.29) is 0 Å². The van der Waals surface area contributed by atoms with Gasteiger partial charge in [0.1, 0.15) is 4.99 Å². The van der Waals surface area contributed by atoms with Gasteiger partial charge in [-0.25, -0.2) is 4.99 Å². The Morgan fingerprint density at radius 1 is 1.50 bits per heavy atom. The highest BCUT2D eigenvalue weighted by Crippen LogP contribution is 2.20. The fourth-order valence-corrected chi connectivity index (χ4v) is 1.39. The van der Waals surface area contributed by atoms with Crippen molar-refractivity contribution in [1.29, 1.82) is 0 Å². The van der Waals surface area contributed by atoms with Crippen molar-refractivity contribution in [2.45, 2.75) is 18.9 Å². The highest BCUT2D eigenvalue weighted by molar-refractivity contribution is 7.81. The molecule has 4 heteroatoms. The summed E-state index contributed by atoms with van der Waals surface area (Å²) in [6.45, 7) is 4.00. The monoisotopic (exact) mass is 198 g/mol. The molecule has 2 heterocycles. The number of aliphatic imine (C=N–C) groups is 1. The lowest BCUT2D eigenvalue weighted by atomic mass is 10.2. The third kappa shape index (κ3) is 1.44. The third-order valence-corrected chi connectivity index (χ3v) is 2.14. The van der Waals surface area contributed by atoms with Gasteiger partial charge in [0.05, 0.1) is 5.03 Å². The molecule has 1 N–H and O–H groups in total. The molecule has 1 aliphatic rings. The van der Waals surface area contributed by atoms with Crippen LogP contribution in [0.2, 0.25) is 0 Å². The second kappa shape index (κ2) is 3.87. The number of rotatable bonds is 0. The summed E-state index contributed by atoms with van der Waals surface area (Å²) in [4.78, 5) is 7.56. The largest absolute Gasteiger partial charge is 0.355 e. The molecule has 1 aromatic heterocycles. The van der Waals surface area contributed by atoms with E-state index >= 15 is 0 Å². The first kappa shape index (κ1) is 9.48. The first-order valence-electron chi connectivity index (χ1n) is 3.78. The van der Waals surface area contributed by atoms with Crippen molar-refractivity contribution in [2.75, 3.05) is 0 Å². The number of thiol groups is 1. The Bertz CT molecular complexity index is 326. The Labute approximate surface area is 82.5 Å². The van der Waals surface area contributed by atoms with E-state index < -0.39 is 0 Å². The summed E-state index contributed by atoms with van der Waals surface area (Å²) in [7, 11) is 0. The van der Waals surface area contributed by atoms with Gasteiger partial charge in [-0.15, -0.1) is 12.6 Å². The van der Waals surface area contributed by atoms with Gasteiger partial charge in [-0.2, -0.15) is 0 Å². The second-order valence-electron chi connectivity index (χ2n) is 2.03. The van der Waals surface area contributed by atoms with E-state index in [1.165, 1.54) is 0 Å². The maximum Gasteiger partial charge on any atom is 0.135 e. The van der Waals surface area contributed by atoms with Crippen molar-refractivity contribution in [1.82, 2.24) is 4.98 Å². The summed E-state index contributed by atoms with van der Waals surface area (Å²) >= 11 is 9.11. The number of fused-ring (bicyclic) bond motifs is 1. The van der Waals surface area contributed by atoms with Crippen molar-refractivity contribution >= 4 is 36.0 Å². The minimum atomic E-state index is 0.645. The van der Waals surface area contributed by atoms with Crippen molar-refractivity contribution in [2.24, 2.45) is 4.99 Å². The second-order valence-corrected chi connectivity index (χ2v) is 2.86. The predicted molar refractivity (Wildman–Crippen MR) is 58.7 cm³/mol. The van der Waals surface area contributed by atoms with Gasteiger partial charge in [0.2, 0.25) is 0 Å². The highest BCUT2D eigenvalue weighted by Gasteiger charge is 2.15. The van der Waals surface area contributed by atoms with E-state index in [0.29, 0.717) is 4.99 Å². The molecule has 0 aromatic carbocycles. The van der Waals surface area contributed by atoms with Crippen LogP contribution >= 0.6 is 24.8 Å². The van der Waals surface area contributed by atoms with Crippen LogP contribution in [-0.2, 0) is 0 Å². The fourth-order valence-electron chi connectivity index (χ4n) is 0.924. The van der Waals surface area contributed by atoms with Crippen molar-refractivity contribution in [3.05, 3.63) is 17.3 Å². The average Bonchev–Trinajstić information content (AvgIpc) is 2.62. The molecular formula is C8H10N2S2. The molecule has 1 aromatic rings. The van der Waals surface area contributed by atoms with Crippen LogP contribution < -0.4 is 0 Å². The zero-order valence-corrected chi connectivity index (χ0v) is 8.67. The summed E-state index contributed by atoms with van der Waals surface area (Å²) in [5, 5.41) is 0.832. The Morgan fingerprint density at radius 3 is 2.75 bits per heavy atom. The summed E-state index contributed by atoms with van der Waals surface area (Å²) in [5.74, 6) is 0. The molecule has 1 aliphatic heterocycles. The average molecular weight is 198 g/mol. The number of aromatic amines is 1. The van der Waals surface area contributed by atoms with Crippen LogP contribution in [0, 0.1) is 0 Å². The summed E-state index contributed by atoms with van der Waals surface area (Å²) < 4.78 is 0. The zero-order chi connectivity index (χ0) is 9.14. The molecule has 0 unspecified atom stereocenters. The van der Waals surface area contributed by atoms with Crippen LogP contribution in [0.3, 0.4) is 0 Å². The number of hydrogen-bond donors (Lipinski definition) is 2. The van der Waals surface area contributed by atoms with Gasteiger partial charge in [0, 0.05) is 23.5 Å². The van der Waals surface area contributed by atoms with Gasteiger partial charge in [-0.3, -0.25) is 0 Å². The lowest BCUT2D eigenvalue weighted by Gasteiger charge is -1.83. The molecule has 0 bridgehead atoms.